The standard InChI is InChI=1S/C10H20NO/c1-8-4-11(3,5-9(8)2)6-10-7-12-10/h8-10H,4-7H2,1-3H3/q+1. The Morgan fingerprint density at radius 1 is 1.25 bits per heavy atom. The Morgan fingerprint density at radius 2 is 1.75 bits per heavy atom. The second-order valence-electron chi connectivity index (χ2n) is 5.08. The molecule has 2 rings (SSSR count). The van der Waals surface area contributed by atoms with Crippen molar-refractivity contribution < 1.29 is 9.22 Å². The fourth-order valence-electron chi connectivity index (χ4n) is 2.64. The molecule has 0 amide bonds. The lowest BCUT2D eigenvalue weighted by Crippen LogP contribution is -2.44. The predicted molar refractivity (Wildman–Crippen MR) is 48.9 cm³/mol. The maximum atomic E-state index is 5.29. The normalized spacial score (nSPS) is 52.8. The molecular formula is C10H20NO+. The van der Waals surface area contributed by atoms with Crippen molar-refractivity contribution in [3.63, 3.8) is 0 Å². The number of quaternary nitrogens is 1. The highest BCUT2D eigenvalue weighted by Gasteiger charge is 2.42. The maximum absolute atomic E-state index is 5.29. The molecule has 2 heteroatoms. The molecule has 0 saturated carbocycles. The van der Waals surface area contributed by atoms with Crippen molar-refractivity contribution >= 4 is 0 Å². The van der Waals surface area contributed by atoms with E-state index in [1.54, 1.807) is 0 Å². The quantitative estimate of drug-likeness (QED) is 0.447. The van der Waals surface area contributed by atoms with Crippen LogP contribution in [-0.4, -0.2) is 43.9 Å². The largest absolute Gasteiger partial charge is 0.367 e. The summed E-state index contributed by atoms with van der Waals surface area (Å²) in [7, 11) is 2.38. The number of likely N-dealkylation sites (tertiary alicyclic amines) is 1. The molecule has 0 aromatic carbocycles. The molecule has 3 unspecified atom stereocenters. The Kier molecular flexibility index (Phi) is 1.92. The molecule has 3 atom stereocenters. The smallest absolute Gasteiger partial charge is 0.130 e. The summed E-state index contributed by atoms with van der Waals surface area (Å²) in [6.07, 6.45) is 0.590. The molecule has 0 aromatic rings. The molecular weight excluding hydrogens is 150 g/mol. The zero-order chi connectivity index (χ0) is 8.77. The number of hydrogen-bond acceptors (Lipinski definition) is 1. The van der Waals surface area contributed by atoms with E-state index in [4.69, 9.17) is 4.74 Å². The number of rotatable bonds is 2. The van der Waals surface area contributed by atoms with E-state index in [-0.39, 0.29) is 0 Å². The van der Waals surface area contributed by atoms with E-state index in [0.29, 0.717) is 6.10 Å². The van der Waals surface area contributed by atoms with Crippen molar-refractivity contribution in [2.24, 2.45) is 11.8 Å². The van der Waals surface area contributed by atoms with E-state index in [9.17, 15) is 0 Å². The zero-order valence-corrected chi connectivity index (χ0v) is 8.42. The van der Waals surface area contributed by atoms with Crippen LogP contribution in [0.15, 0.2) is 0 Å². The van der Waals surface area contributed by atoms with Gasteiger partial charge in [0.1, 0.15) is 12.6 Å². The van der Waals surface area contributed by atoms with Crippen molar-refractivity contribution in [1.29, 1.82) is 0 Å². The zero-order valence-electron chi connectivity index (χ0n) is 8.42. The molecule has 0 aliphatic carbocycles. The van der Waals surface area contributed by atoms with E-state index >= 15 is 0 Å². The summed E-state index contributed by atoms with van der Waals surface area (Å²) in [5.41, 5.74) is 0. The second kappa shape index (κ2) is 2.71. The number of ether oxygens (including phenoxy) is 1. The topological polar surface area (TPSA) is 12.5 Å². The van der Waals surface area contributed by atoms with Crippen molar-refractivity contribution in [3.8, 4) is 0 Å². The summed E-state index contributed by atoms with van der Waals surface area (Å²) in [4.78, 5) is 0. The van der Waals surface area contributed by atoms with Crippen molar-refractivity contribution in [1.82, 2.24) is 0 Å². The fraction of sp³-hybridized carbons (Fsp3) is 1.00. The third kappa shape index (κ3) is 1.64. The van der Waals surface area contributed by atoms with Gasteiger partial charge in [0.2, 0.25) is 0 Å². The Balaban J connectivity index is 1.92. The SMILES string of the molecule is CC1C[N+](C)(CC2CO2)CC1C. The van der Waals surface area contributed by atoms with Gasteiger partial charge in [-0.25, -0.2) is 0 Å². The highest BCUT2D eigenvalue weighted by atomic mass is 16.6. The van der Waals surface area contributed by atoms with Gasteiger partial charge in [0.15, 0.2) is 0 Å². The van der Waals surface area contributed by atoms with Gasteiger partial charge in [0.05, 0.1) is 26.7 Å². The molecule has 0 spiro atoms. The first kappa shape index (κ1) is 8.52. The molecule has 0 N–H and O–H groups in total. The van der Waals surface area contributed by atoms with Gasteiger partial charge in [-0.2, -0.15) is 0 Å². The summed E-state index contributed by atoms with van der Waals surface area (Å²) in [5, 5.41) is 0. The monoisotopic (exact) mass is 170 g/mol. The van der Waals surface area contributed by atoms with Crippen LogP contribution in [0.2, 0.25) is 0 Å². The Labute approximate surface area is 75.1 Å². The maximum Gasteiger partial charge on any atom is 0.130 e. The third-order valence-electron chi connectivity index (χ3n) is 3.48. The molecule has 2 heterocycles. The average Bonchev–Trinajstić information content (AvgIpc) is 2.65. The molecule has 70 valence electrons. The van der Waals surface area contributed by atoms with Crippen LogP contribution in [0.4, 0.5) is 0 Å². The molecule has 2 aliphatic heterocycles. The molecule has 0 radical (unpaired) electrons. The first-order chi connectivity index (χ1) is 5.59. The molecule has 2 nitrogen and oxygen atoms in total. The number of epoxide rings is 1. The van der Waals surface area contributed by atoms with Crippen LogP contribution in [0.3, 0.4) is 0 Å². The van der Waals surface area contributed by atoms with Crippen LogP contribution >= 0.6 is 0 Å². The molecule has 12 heavy (non-hydrogen) atoms. The first-order valence-corrected chi connectivity index (χ1v) is 5.04. The Hall–Kier alpha value is -0.0800. The van der Waals surface area contributed by atoms with E-state index < -0.39 is 0 Å². The van der Waals surface area contributed by atoms with E-state index in [2.05, 4.69) is 20.9 Å². The lowest BCUT2D eigenvalue weighted by molar-refractivity contribution is -0.900. The van der Waals surface area contributed by atoms with E-state index in [0.717, 1.165) is 18.4 Å². The Morgan fingerprint density at radius 3 is 2.17 bits per heavy atom. The van der Waals surface area contributed by atoms with Gasteiger partial charge in [0, 0.05) is 11.8 Å². The predicted octanol–water partition coefficient (Wildman–Crippen LogP) is 1.12. The van der Waals surface area contributed by atoms with E-state index in [1.807, 2.05) is 0 Å². The van der Waals surface area contributed by atoms with Crippen LogP contribution in [0.1, 0.15) is 13.8 Å². The second-order valence-corrected chi connectivity index (χ2v) is 5.08. The molecule has 0 aromatic heterocycles. The number of likely N-dealkylation sites (N-methyl/N-ethyl adjacent to an activating group) is 1. The molecule has 2 saturated heterocycles. The highest BCUT2D eigenvalue weighted by molar-refractivity contribution is 4.74. The summed E-state index contributed by atoms with van der Waals surface area (Å²) >= 11 is 0. The van der Waals surface area contributed by atoms with Crippen molar-refractivity contribution in [2.75, 3.05) is 33.3 Å². The minimum absolute atomic E-state index is 0.590. The van der Waals surface area contributed by atoms with Crippen LogP contribution in [0, 0.1) is 11.8 Å². The summed E-state index contributed by atoms with van der Waals surface area (Å²) in [6.45, 7) is 9.71. The van der Waals surface area contributed by atoms with Crippen LogP contribution in [0.5, 0.6) is 0 Å². The number of nitrogens with zero attached hydrogens (tertiary/aromatic N) is 1. The van der Waals surface area contributed by atoms with Gasteiger partial charge in [-0.05, 0) is 0 Å². The van der Waals surface area contributed by atoms with Gasteiger partial charge in [0.25, 0.3) is 0 Å². The Bertz CT molecular complexity index is 161. The van der Waals surface area contributed by atoms with Gasteiger partial charge < -0.3 is 9.22 Å². The van der Waals surface area contributed by atoms with Gasteiger partial charge in [-0.15, -0.1) is 0 Å². The number of hydrogen-bond donors (Lipinski definition) is 0. The first-order valence-electron chi connectivity index (χ1n) is 5.04. The molecule has 0 bridgehead atoms. The fourth-order valence-corrected chi connectivity index (χ4v) is 2.64. The lowest BCUT2D eigenvalue weighted by atomic mass is 10.0. The van der Waals surface area contributed by atoms with Crippen LogP contribution < -0.4 is 0 Å². The lowest BCUT2D eigenvalue weighted by Gasteiger charge is -2.28. The van der Waals surface area contributed by atoms with Crippen molar-refractivity contribution in [3.05, 3.63) is 0 Å². The van der Waals surface area contributed by atoms with Crippen molar-refractivity contribution in [2.45, 2.75) is 20.0 Å². The van der Waals surface area contributed by atoms with Gasteiger partial charge in [-0.1, -0.05) is 13.8 Å². The van der Waals surface area contributed by atoms with Gasteiger partial charge in [-0.3, -0.25) is 0 Å². The van der Waals surface area contributed by atoms with Gasteiger partial charge >= 0.3 is 0 Å². The van der Waals surface area contributed by atoms with E-state index in [1.165, 1.54) is 24.1 Å². The summed E-state index contributed by atoms with van der Waals surface area (Å²) in [5.74, 6) is 1.79. The summed E-state index contributed by atoms with van der Waals surface area (Å²) < 4.78 is 6.53. The molecule has 2 aliphatic rings. The molecule has 2 fully saturated rings. The highest BCUT2D eigenvalue weighted by Crippen LogP contribution is 2.29. The minimum Gasteiger partial charge on any atom is -0.367 e. The van der Waals surface area contributed by atoms with Crippen LogP contribution in [0.25, 0.3) is 0 Å². The third-order valence-corrected chi connectivity index (χ3v) is 3.48. The average molecular weight is 170 g/mol. The summed E-state index contributed by atoms with van der Waals surface area (Å²) in [6, 6.07) is 0. The van der Waals surface area contributed by atoms with Crippen LogP contribution in [-0.2, 0) is 4.74 Å². The minimum atomic E-state index is 0.590.